The summed E-state index contributed by atoms with van der Waals surface area (Å²) in [5.41, 5.74) is 3.49. The van der Waals surface area contributed by atoms with E-state index in [1.165, 1.54) is 11.1 Å². The van der Waals surface area contributed by atoms with Crippen LogP contribution in [0.3, 0.4) is 0 Å². The van der Waals surface area contributed by atoms with E-state index in [4.69, 9.17) is 23.2 Å². The average molecular weight is 385 g/mol. The maximum Gasteiger partial charge on any atom is 0.0640 e. The zero-order valence-electron chi connectivity index (χ0n) is 14.5. The van der Waals surface area contributed by atoms with Crippen LogP contribution in [-0.2, 0) is 13.1 Å². The van der Waals surface area contributed by atoms with Crippen LogP contribution < -0.4 is 10.2 Å². The summed E-state index contributed by atoms with van der Waals surface area (Å²) in [4.78, 5) is 2.27. The molecule has 3 rings (SSSR count). The third-order valence-corrected chi connectivity index (χ3v) is 4.75. The molecule has 0 aliphatic carbocycles. The van der Waals surface area contributed by atoms with E-state index >= 15 is 0 Å². The fourth-order valence-corrected chi connectivity index (χ4v) is 3.26. The molecule has 4 heteroatoms. The fourth-order valence-electron chi connectivity index (χ4n) is 2.86. The van der Waals surface area contributed by atoms with Gasteiger partial charge in [0.2, 0.25) is 0 Å². The lowest BCUT2D eigenvalue weighted by Gasteiger charge is -2.26. The summed E-state index contributed by atoms with van der Waals surface area (Å²) in [6.07, 6.45) is 0. The van der Waals surface area contributed by atoms with Crippen LogP contribution >= 0.6 is 23.2 Å². The van der Waals surface area contributed by atoms with Gasteiger partial charge in [0.1, 0.15) is 0 Å². The highest BCUT2D eigenvalue weighted by atomic mass is 35.5. The number of nitrogens with one attached hydrogen (secondary N) is 1. The number of benzene rings is 3. The molecule has 0 aliphatic rings. The average Bonchev–Trinajstić information content (AvgIpc) is 2.68. The summed E-state index contributed by atoms with van der Waals surface area (Å²) in [6.45, 7) is 3.32. The molecule has 0 bridgehead atoms. The molecule has 0 radical (unpaired) electrons. The minimum atomic E-state index is 0.694. The molecule has 26 heavy (non-hydrogen) atoms. The standard InChI is InChI=1S/C22H22Cl2N2/c23-20-11-12-21(24)22(15-20)26(17-19-9-5-2-6-10-19)14-13-25-16-18-7-3-1-4-8-18/h1-12,15,25H,13-14,16-17H2. The summed E-state index contributed by atoms with van der Waals surface area (Å²) >= 11 is 12.6. The molecular weight excluding hydrogens is 363 g/mol. The van der Waals surface area contributed by atoms with Crippen molar-refractivity contribution in [3.8, 4) is 0 Å². The van der Waals surface area contributed by atoms with Crippen LogP contribution in [0, 0.1) is 0 Å². The summed E-state index contributed by atoms with van der Waals surface area (Å²) in [5.74, 6) is 0. The van der Waals surface area contributed by atoms with Crippen molar-refractivity contribution in [3.05, 3.63) is 100 Å². The number of hydrogen-bond acceptors (Lipinski definition) is 2. The van der Waals surface area contributed by atoms with Gasteiger partial charge in [0, 0.05) is 31.2 Å². The van der Waals surface area contributed by atoms with Crippen LogP contribution in [-0.4, -0.2) is 13.1 Å². The zero-order chi connectivity index (χ0) is 18.2. The molecular formula is C22H22Cl2N2. The molecule has 3 aromatic carbocycles. The van der Waals surface area contributed by atoms with Gasteiger partial charge in [-0.25, -0.2) is 0 Å². The molecule has 0 amide bonds. The predicted molar refractivity (Wildman–Crippen MR) is 112 cm³/mol. The van der Waals surface area contributed by atoms with Crippen molar-refractivity contribution in [2.24, 2.45) is 0 Å². The molecule has 0 spiro atoms. The van der Waals surface area contributed by atoms with Crippen LogP contribution in [0.5, 0.6) is 0 Å². The van der Waals surface area contributed by atoms with Gasteiger partial charge in [0.05, 0.1) is 10.7 Å². The number of anilines is 1. The monoisotopic (exact) mass is 384 g/mol. The molecule has 0 atom stereocenters. The lowest BCUT2D eigenvalue weighted by atomic mass is 10.2. The van der Waals surface area contributed by atoms with Gasteiger partial charge in [0.15, 0.2) is 0 Å². The van der Waals surface area contributed by atoms with Crippen LogP contribution in [0.1, 0.15) is 11.1 Å². The Morgan fingerprint density at radius 2 is 1.42 bits per heavy atom. The predicted octanol–water partition coefficient (Wildman–Crippen LogP) is 5.79. The Hall–Kier alpha value is -2.00. The molecule has 0 saturated heterocycles. The van der Waals surface area contributed by atoms with Crippen LogP contribution in [0.2, 0.25) is 10.0 Å². The van der Waals surface area contributed by atoms with E-state index in [1.807, 2.05) is 30.3 Å². The Labute approximate surface area is 165 Å². The molecule has 1 N–H and O–H groups in total. The second kappa shape index (κ2) is 9.63. The van der Waals surface area contributed by atoms with E-state index < -0.39 is 0 Å². The Morgan fingerprint density at radius 3 is 2.12 bits per heavy atom. The second-order valence-corrected chi connectivity index (χ2v) is 7.01. The fraction of sp³-hybridized carbons (Fsp3) is 0.182. The molecule has 0 heterocycles. The van der Waals surface area contributed by atoms with E-state index in [9.17, 15) is 0 Å². The molecule has 0 fully saturated rings. The molecule has 2 nitrogen and oxygen atoms in total. The Morgan fingerprint density at radius 1 is 0.769 bits per heavy atom. The first kappa shape index (κ1) is 18.8. The Kier molecular flexibility index (Phi) is 6.96. The third-order valence-electron chi connectivity index (χ3n) is 4.20. The van der Waals surface area contributed by atoms with Gasteiger partial charge in [-0.1, -0.05) is 83.9 Å². The number of rotatable bonds is 8. The van der Waals surface area contributed by atoms with E-state index in [1.54, 1.807) is 0 Å². The van der Waals surface area contributed by atoms with E-state index in [-0.39, 0.29) is 0 Å². The maximum absolute atomic E-state index is 6.45. The van der Waals surface area contributed by atoms with Crippen molar-refractivity contribution in [2.75, 3.05) is 18.0 Å². The van der Waals surface area contributed by atoms with E-state index in [0.717, 1.165) is 31.9 Å². The van der Waals surface area contributed by atoms with Gasteiger partial charge in [0.25, 0.3) is 0 Å². The highest BCUT2D eigenvalue weighted by Gasteiger charge is 2.12. The van der Waals surface area contributed by atoms with Crippen molar-refractivity contribution in [1.82, 2.24) is 5.32 Å². The van der Waals surface area contributed by atoms with Gasteiger partial charge in [-0.15, -0.1) is 0 Å². The Balaban J connectivity index is 1.67. The summed E-state index contributed by atoms with van der Waals surface area (Å²) in [7, 11) is 0. The quantitative estimate of drug-likeness (QED) is 0.494. The third kappa shape index (κ3) is 5.50. The highest BCUT2D eigenvalue weighted by Crippen LogP contribution is 2.30. The lowest BCUT2D eigenvalue weighted by Crippen LogP contribution is -2.31. The molecule has 0 saturated carbocycles. The zero-order valence-corrected chi connectivity index (χ0v) is 16.0. The van der Waals surface area contributed by atoms with Crippen LogP contribution in [0.15, 0.2) is 78.9 Å². The molecule has 0 unspecified atom stereocenters. The second-order valence-electron chi connectivity index (χ2n) is 6.17. The van der Waals surface area contributed by atoms with Crippen molar-refractivity contribution in [3.63, 3.8) is 0 Å². The normalized spacial score (nSPS) is 10.7. The van der Waals surface area contributed by atoms with Gasteiger partial charge in [-0.05, 0) is 29.3 Å². The van der Waals surface area contributed by atoms with Gasteiger partial charge in [-0.2, -0.15) is 0 Å². The van der Waals surface area contributed by atoms with Crippen molar-refractivity contribution >= 4 is 28.9 Å². The first-order valence-corrected chi connectivity index (χ1v) is 9.46. The summed E-state index contributed by atoms with van der Waals surface area (Å²) in [6, 6.07) is 26.4. The van der Waals surface area contributed by atoms with Crippen LogP contribution in [0.4, 0.5) is 5.69 Å². The van der Waals surface area contributed by atoms with E-state index in [2.05, 4.69) is 58.7 Å². The molecule has 3 aromatic rings. The number of nitrogens with zero attached hydrogens (tertiary/aromatic N) is 1. The summed E-state index contributed by atoms with van der Waals surface area (Å²) in [5, 5.41) is 4.91. The lowest BCUT2D eigenvalue weighted by molar-refractivity contribution is 0.658. The molecule has 0 aromatic heterocycles. The highest BCUT2D eigenvalue weighted by molar-refractivity contribution is 6.35. The van der Waals surface area contributed by atoms with Crippen molar-refractivity contribution in [2.45, 2.75) is 13.1 Å². The minimum absolute atomic E-state index is 0.694. The van der Waals surface area contributed by atoms with E-state index in [0.29, 0.717) is 10.0 Å². The molecule has 134 valence electrons. The van der Waals surface area contributed by atoms with Gasteiger partial charge >= 0.3 is 0 Å². The molecule has 0 aliphatic heterocycles. The summed E-state index contributed by atoms with van der Waals surface area (Å²) < 4.78 is 0. The number of halogens is 2. The Bertz CT molecular complexity index is 807. The minimum Gasteiger partial charge on any atom is -0.365 e. The largest absolute Gasteiger partial charge is 0.365 e. The first-order chi connectivity index (χ1) is 12.7. The van der Waals surface area contributed by atoms with Crippen molar-refractivity contribution in [1.29, 1.82) is 0 Å². The van der Waals surface area contributed by atoms with Crippen LogP contribution in [0.25, 0.3) is 0 Å². The van der Waals surface area contributed by atoms with Gasteiger partial charge < -0.3 is 10.2 Å². The number of hydrogen-bond donors (Lipinski definition) is 1. The SMILES string of the molecule is Clc1ccc(Cl)c(N(CCNCc2ccccc2)Cc2ccccc2)c1. The maximum atomic E-state index is 6.45. The first-order valence-electron chi connectivity index (χ1n) is 8.71. The smallest absolute Gasteiger partial charge is 0.0640 e. The van der Waals surface area contributed by atoms with Crippen molar-refractivity contribution < 1.29 is 0 Å². The van der Waals surface area contributed by atoms with Gasteiger partial charge in [-0.3, -0.25) is 0 Å². The topological polar surface area (TPSA) is 15.3 Å².